The summed E-state index contributed by atoms with van der Waals surface area (Å²) in [5.41, 5.74) is 0. The average Bonchev–Trinajstić information content (AvgIpc) is 3.25. The molecule has 0 spiro atoms. The Kier molecular flexibility index (Phi) is 4.29. The zero-order chi connectivity index (χ0) is 14.8. The third-order valence-corrected chi connectivity index (χ3v) is 4.69. The summed E-state index contributed by atoms with van der Waals surface area (Å²) in [5.74, 6) is 0.0983. The van der Waals surface area contributed by atoms with E-state index in [2.05, 4.69) is 11.5 Å². The van der Waals surface area contributed by atoms with Crippen LogP contribution in [0.1, 0.15) is 32.1 Å². The maximum absolute atomic E-state index is 12.9. The Bertz CT molecular complexity index is 427. The smallest absolute Gasteiger partial charge is 0.228 e. The highest BCUT2D eigenvalue weighted by Crippen LogP contribution is 2.34. The number of amides is 2. The molecule has 0 radical (unpaired) electrons. The van der Waals surface area contributed by atoms with Crippen LogP contribution in [0.5, 0.6) is 0 Å². The van der Waals surface area contributed by atoms with Crippen molar-refractivity contribution < 1.29 is 14.3 Å². The van der Waals surface area contributed by atoms with E-state index in [9.17, 15) is 9.59 Å². The van der Waals surface area contributed by atoms with E-state index in [1.807, 2.05) is 0 Å². The van der Waals surface area contributed by atoms with Gasteiger partial charge in [-0.15, -0.1) is 6.58 Å². The third kappa shape index (κ3) is 3.12. The van der Waals surface area contributed by atoms with Gasteiger partial charge in [-0.05, 0) is 25.7 Å². The molecule has 1 saturated carbocycles. The van der Waals surface area contributed by atoms with Crippen molar-refractivity contribution in [1.82, 2.24) is 9.80 Å². The maximum atomic E-state index is 12.9. The van der Waals surface area contributed by atoms with E-state index in [-0.39, 0.29) is 17.7 Å². The molecular formula is C16H24N2O3. The molecule has 2 aliphatic heterocycles. The van der Waals surface area contributed by atoms with Crippen LogP contribution in [-0.4, -0.2) is 60.0 Å². The van der Waals surface area contributed by atoms with Gasteiger partial charge in [0.1, 0.15) is 0 Å². The molecule has 0 aromatic rings. The van der Waals surface area contributed by atoms with Gasteiger partial charge in [-0.2, -0.15) is 0 Å². The van der Waals surface area contributed by atoms with Gasteiger partial charge >= 0.3 is 0 Å². The molecule has 2 heterocycles. The molecule has 21 heavy (non-hydrogen) atoms. The van der Waals surface area contributed by atoms with Crippen LogP contribution in [0.15, 0.2) is 12.7 Å². The second kappa shape index (κ2) is 6.18. The van der Waals surface area contributed by atoms with Gasteiger partial charge in [0.25, 0.3) is 0 Å². The Morgan fingerprint density at radius 3 is 2.57 bits per heavy atom. The molecule has 3 aliphatic rings. The first-order valence-electron chi connectivity index (χ1n) is 7.99. The number of carbonyl (C=O) groups excluding carboxylic acids is 2. The molecule has 1 atom stereocenters. The molecule has 3 rings (SSSR count). The fraction of sp³-hybridized carbons (Fsp3) is 0.750. The Morgan fingerprint density at radius 2 is 1.95 bits per heavy atom. The molecule has 3 fully saturated rings. The molecule has 2 amide bonds. The van der Waals surface area contributed by atoms with Crippen molar-refractivity contribution >= 4 is 11.8 Å². The predicted molar refractivity (Wildman–Crippen MR) is 78.6 cm³/mol. The number of hydrogen-bond acceptors (Lipinski definition) is 3. The molecule has 0 unspecified atom stereocenters. The number of likely N-dealkylation sites (tertiary alicyclic amines) is 1. The van der Waals surface area contributed by atoms with Crippen LogP contribution in [0.4, 0.5) is 0 Å². The summed E-state index contributed by atoms with van der Waals surface area (Å²) in [6.45, 7) is 6.26. The van der Waals surface area contributed by atoms with Crippen LogP contribution < -0.4 is 0 Å². The zero-order valence-electron chi connectivity index (χ0n) is 12.5. The molecule has 0 N–H and O–H groups in total. The van der Waals surface area contributed by atoms with Crippen molar-refractivity contribution in [3.05, 3.63) is 12.7 Å². The van der Waals surface area contributed by atoms with Crippen molar-refractivity contribution in [2.45, 2.75) is 44.2 Å². The van der Waals surface area contributed by atoms with Crippen molar-refractivity contribution in [2.24, 2.45) is 5.92 Å². The zero-order valence-corrected chi connectivity index (χ0v) is 12.5. The Balaban J connectivity index is 1.67. The van der Waals surface area contributed by atoms with E-state index >= 15 is 0 Å². The van der Waals surface area contributed by atoms with E-state index in [0.29, 0.717) is 31.6 Å². The number of ether oxygens (including phenoxy) is 1. The van der Waals surface area contributed by atoms with Crippen molar-refractivity contribution in [1.29, 1.82) is 0 Å². The Labute approximate surface area is 125 Å². The second-order valence-corrected chi connectivity index (χ2v) is 6.31. The minimum absolute atomic E-state index is 0.0796. The molecular weight excluding hydrogens is 268 g/mol. The standard InChI is InChI=1S/C16H24N2O3/c1-2-7-17-11-12(10-15(17)19)16(20)18(13-3-4-13)14-5-8-21-9-6-14/h2,12-14H,1,3-11H2/t12-/m0/s1. The summed E-state index contributed by atoms with van der Waals surface area (Å²) < 4.78 is 5.41. The van der Waals surface area contributed by atoms with Gasteiger partial charge in [0, 0.05) is 44.8 Å². The third-order valence-electron chi connectivity index (χ3n) is 4.69. The van der Waals surface area contributed by atoms with E-state index in [1.165, 1.54) is 0 Å². The molecule has 5 nitrogen and oxygen atoms in total. The first kappa shape index (κ1) is 14.6. The summed E-state index contributed by atoms with van der Waals surface area (Å²) in [4.78, 5) is 28.7. The Hall–Kier alpha value is -1.36. The molecule has 116 valence electrons. The summed E-state index contributed by atoms with van der Waals surface area (Å²) in [6.07, 6.45) is 6.17. The van der Waals surface area contributed by atoms with Gasteiger partial charge in [-0.1, -0.05) is 6.08 Å². The second-order valence-electron chi connectivity index (χ2n) is 6.31. The van der Waals surface area contributed by atoms with Crippen LogP contribution in [0.3, 0.4) is 0 Å². The van der Waals surface area contributed by atoms with Crippen LogP contribution >= 0.6 is 0 Å². The molecule has 0 bridgehead atoms. The SMILES string of the molecule is C=CCN1C[C@@H](C(=O)N(C2CCOCC2)C2CC2)CC1=O. The lowest BCUT2D eigenvalue weighted by Gasteiger charge is -2.36. The van der Waals surface area contributed by atoms with Gasteiger partial charge in [-0.25, -0.2) is 0 Å². The lowest BCUT2D eigenvalue weighted by Crippen LogP contribution is -2.47. The number of carbonyl (C=O) groups is 2. The number of hydrogen-bond donors (Lipinski definition) is 0. The highest BCUT2D eigenvalue weighted by molar-refractivity contribution is 5.89. The molecule has 2 saturated heterocycles. The monoisotopic (exact) mass is 292 g/mol. The topological polar surface area (TPSA) is 49.9 Å². The highest BCUT2D eigenvalue weighted by Gasteiger charge is 2.43. The minimum Gasteiger partial charge on any atom is -0.381 e. The fourth-order valence-electron chi connectivity index (χ4n) is 3.45. The van der Waals surface area contributed by atoms with Crippen LogP contribution in [0.2, 0.25) is 0 Å². The minimum atomic E-state index is -0.166. The maximum Gasteiger partial charge on any atom is 0.228 e. The van der Waals surface area contributed by atoms with Crippen LogP contribution in [0.25, 0.3) is 0 Å². The largest absolute Gasteiger partial charge is 0.381 e. The van der Waals surface area contributed by atoms with Crippen LogP contribution in [-0.2, 0) is 14.3 Å². The predicted octanol–water partition coefficient (Wildman–Crippen LogP) is 1.19. The first-order chi connectivity index (χ1) is 10.2. The summed E-state index contributed by atoms with van der Waals surface area (Å²) in [6, 6.07) is 0.714. The fourth-order valence-corrected chi connectivity index (χ4v) is 3.45. The molecule has 1 aliphatic carbocycles. The molecule has 0 aromatic carbocycles. The number of nitrogens with zero attached hydrogens (tertiary/aromatic N) is 2. The van der Waals surface area contributed by atoms with Gasteiger partial charge in [0.15, 0.2) is 0 Å². The normalized spacial score (nSPS) is 27.0. The van der Waals surface area contributed by atoms with Crippen LogP contribution in [0, 0.1) is 5.92 Å². The van der Waals surface area contributed by atoms with Gasteiger partial charge in [-0.3, -0.25) is 9.59 Å². The van der Waals surface area contributed by atoms with E-state index in [1.54, 1.807) is 11.0 Å². The summed E-state index contributed by atoms with van der Waals surface area (Å²) in [7, 11) is 0. The van der Waals surface area contributed by atoms with E-state index in [0.717, 1.165) is 38.9 Å². The van der Waals surface area contributed by atoms with Crippen molar-refractivity contribution in [3.63, 3.8) is 0 Å². The van der Waals surface area contributed by atoms with Crippen molar-refractivity contribution in [3.8, 4) is 0 Å². The van der Waals surface area contributed by atoms with Gasteiger partial charge < -0.3 is 14.5 Å². The Morgan fingerprint density at radius 1 is 1.29 bits per heavy atom. The number of rotatable bonds is 5. The summed E-state index contributed by atoms with van der Waals surface area (Å²) >= 11 is 0. The van der Waals surface area contributed by atoms with Gasteiger partial charge in [0.2, 0.25) is 11.8 Å². The lowest BCUT2D eigenvalue weighted by molar-refractivity contribution is -0.140. The quantitative estimate of drug-likeness (QED) is 0.715. The average molecular weight is 292 g/mol. The molecule has 5 heteroatoms. The molecule has 0 aromatic heterocycles. The van der Waals surface area contributed by atoms with E-state index < -0.39 is 0 Å². The summed E-state index contributed by atoms with van der Waals surface area (Å²) in [5, 5.41) is 0. The highest BCUT2D eigenvalue weighted by atomic mass is 16.5. The first-order valence-corrected chi connectivity index (χ1v) is 7.99. The van der Waals surface area contributed by atoms with Gasteiger partial charge in [0.05, 0.1) is 5.92 Å². The van der Waals surface area contributed by atoms with Crippen molar-refractivity contribution in [2.75, 3.05) is 26.3 Å². The van der Waals surface area contributed by atoms with E-state index in [4.69, 9.17) is 4.74 Å². The lowest BCUT2D eigenvalue weighted by atomic mass is 10.0.